The van der Waals surface area contributed by atoms with Crippen molar-refractivity contribution in [3.05, 3.63) is 70.8 Å². The number of benzene rings is 2. The number of fused-ring (bicyclic) bond motifs is 1. The molecule has 0 fully saturated rings. The number of amides is 2. The standard InChI is InChI=1S/C16H14NO5P/c18-15-13-7-3-4-8-14(13)16(19)17(15)9-11-5-1-2-6-12(11)10-23(20,21)22/h1-8H,9-10H2,(H2,20,21,22). The zero-order valence-electron chi connectivity index (χ0n) is 12.0. The number of nitrogens with zero attached hydrogens (tertiary/aromatic N) is 1. The Morgan fingerprint density at radius 3 is 1.83 bits per heavy atom. The molecule has 2 N–H and O–H groups in total. The first-order valence-electron chi connectivity index (χ1n) is 6.93. The third-order valence-electron chi connectivity index (χ3n) is 3.70. The van der Waals surface area contributed by atoms with Gasteiger partial charge in [0.05, 0.1) is 23.8 Å². The highest BCUT2D eigenvalue weighted by Gasteiger charge is 2.35. The highest BCUT2D eigenvalue weighted by atomic mass is 31.2. The van der Waals surface area contributed by atoms with Gasteiger partial charge in [-0.2, -0.15) is 0 Å². The van der Waals surface area contributed by atoms with Gasteiger partial charge in [0.25, 0.3) is 11.8 Å². The lowest BCUT2D eigenvalue weighted by atomic mass is 10.1. The molecule has 0 atom stereocenters. The van der Waals surface area contributed by atoms with Crippen LogP contribution in [0.15, 0.2) is 48.5 Å². The SMILES string of the molecule is O=C1c2ccccc2C(=O)N1Cc1ccccc1CP(=O)(O)O. The van der Waals surface area contributed by atoms with Crippen LogP contribution in [0.2, 0.25) is 0 Å². The van der Waals surface area contributed by atoms with Crippen LogP contribution >= 0.6 is 7.60 Å². The minimum Gasteiger partial charge on any atom is -0.324 e. The minimum atomic E-state index is -4.24. The van der Waals surface area contributed by atoms with Gasteiger partial charge < -0.3 is 9.79 Å². The molecule has 0 bridgehead atoms. The van der Waals surface area contributed by atoms with Gasteiger partial charge in [-0.3, -0.25) is 19.1 Å². The van der Waals surface area contributed by atoms with Crippen LogP contribution in [0.1, 0.15) is 31.8 Å². The molecule has 0 unspecified atom stereocenters. The third-order valence-corrected chi connectivity index (χ3v) is 4.45. The first-order valence-corrected chi connectivity index (χ1v) is 8.73. The van der Waals surface area contributed by atoms with E-state index < -0.39 is 25.6 Å². The van der Waals surface area contributed by atoms with Gasteiger partial charge in [0, 0.05) is 0 Å². The van der Waals surface area contributed by atoms with Crippen LogP contribution in [-0.4, -0.2) is 26.5 Å². The molecule has 2 aromatic carbocycles. The Morgan fingerprint density at radius 1 is 0.826 bits per heavy atom. The molecule has 2 amide bonds. The molecule has 6 nitrogen and oxygen atoms in total. The second-order valence-corrected chi connectivity index (χ2v) is 6.98. The third kappa shape index (κ3) is 3.10. The summed E-state index contributed by atoms with van der Waals surface area (Å²) in [4.78, 5) is 44.2. The van der Waals surface area contributed by atoms with E-state index in [1.54, 1.807) is 48.5 Å². The topological polar surface area (TPSA) is 94.9 Å². The van der Waals surface area contributed by atoms with Crippen LogP contribution in [0.5, 0.6) is 0 Å². The van der Waals surface area contributed by atoms with Crippen LogP contribution < -0.4 is 0 Å². The second kappa shape index (κ2) is 5.74. The molecule has 0 aliphatic carbocycles. The molecule has 0 saturated heterocycles. The lowest BCUT2D eigenvalue weighted by Gasteiger charge is -2.17. The smallest absolute Gasteiger partial charge is 0.324 e. The molecular formula is C16H14NO5P. The summed E-state index contributed by atoms with van der Waals surface area (Å²) in [6.45, 7) is -0.0114. The van der Waals surface area contributed by atoms with E-state index in [2.05, 4.69) is 0 Å². The maximum absolute atomic E-state index is 12.4. The fraction of sp³-hybridized carbons (Fsp3) is 0.125. The Bertz CT molecular complexity index is 807. The van der Waals surface area contributed by atoms with E-state index in [9.17, 15) is 14.2 Å². The molecule has 2 aromatic rings. The molecule has 3 rings (SSSR count). The highest BCUT2D eigenvalue weighted by molar-refractivity contribution is 7.50. The lowest BCUT2D eigenvalue weighted by molar-refractivity contribution is 0.0642. The van der Waals surface area contributed by atoms with Crippen molar-refractivity contribution in [2.75, 3.05) is 0 Å². The number of hydrogen-bond acceptors (Lipinski definition) is 3. The van der Waals surface area contributed by atoms with E-state index >= 15 is 0 Å². The Hall–Kier alpha value is -2.27. The van der Waals surface area contributed by atoms with E-state index in [-0.39, 0.29) is 6.54 Å². The maximum Gasteiger partial charge on any atom is 0.329 e. The summed E-state index contributed by atoms with van der Waals surface area (Å²) in [5.74, 6) is -0.784. The van der Waals surface area contributed by atoms with Crippen molar-refractivity contribution in [1.29, 1.82) is 0 Å². The highest BCUT2D eigenvalue weighted by Crippen LogP contribution is 2.40. The first kappa shape index (κ1) is 15.6. The van der Waals surface area contributed by atoms with Crippen molar-refractivity contribution < 1.29 is 23.9 Å². The van der Waals surface area contributed by atoms with Gasteiger partial charge in [-0.05, 0) is 23.3 Å². The number of rotatable bonds is 4. The summed E-state index contributed by atoms with van der Waals surface area (Å²) in [6, 6.07) is 13.2. The zero-order chi connectivity index (χ0) is 16.6. The summed E-state index contributed by atoms with van der Waals surface area (Å²) in [7, 11) is -4.24. The van der Waals surface area contributed by atoms with Gasteiger partial charge in [0.1, 0.15) is 0 Å². The predicted octanol–water partition coefficient (Wildman–Crippen LogP) is 2.16. The van der Waals surface area contributed by atoms with Gasteiger partial charge in [-0.15, -0.1) is 0 Å². The van der Waals surface area contributed by atoms with Gasteiger partial charge >= 0.3 is 7.60 Å². The normalized spacial score (nSPS) is 14.3. The van der Waals surface area contributed by atoms with Crippen LogP contribution in [0.3, 0.4) is 0 Å². The predicted molar refractivity (Wildman–Crippen MR) is 82.8 cm³/mol. The van der Waals surface area contributed by atoms with Gasteiger partial charge in [0.2, 0.25) is 0 Å². The molecule has 1 aliphatic rings. The molecule has 1 heterocycles. The molecule has 118 valence electrons. The van der Waals surface area contributed by atoms with Crippen LogP contribution in [0, 0.1) is 0 Å². The van der Waals surface area contributed by atoms with Gasteiger partial charge in [-0.25, -0.2) is 0 Å². The molecule has 0 aromatic heterocycles. The quantitative estimate of drug-likeness (QED) is 0.661. The molecule has 1 aliphatic heterocycles. The van der Waals surface area contributed by atoms with Gasteiger partial charge in [0.15, 0.2) is 0 Å². The number of imide groups is 1. The molecule has 23 heavy (non-hydrogen) atoms. The molecule has 0 spiro atoms. The Kier molecular flexibility index (Phi) is 3.90. The Labute approximate surface area is 132 Å². The lowest BCUT2D eigenvalue weighted by Crippen LogP contribution is -2.29. The summed E-state index contributed by atoms with van der Waals surface area (Å²) >= 11 is 0. The first-order chi connectivity index (χ1) is 10.9. The van der Waals surface area contributed by atoms with E-state index in [1.165, 1.54) is 0 Å². The molecule has 0 radical (unpaired) electrons. The Balaban J connectivity index is 1.91. The maximum atomic E-state index is 12.4. The summed E-state index contributed by atoms with van der Waals surface area (Å²) < 4.78 is 11.2. The van der Waals surface area contributed by atoms with Crippen LogP contribution in [0.4, 0.5) is 0 Å². The van der Waals surface area contributed by atoms with Crippen molar-refractivity contribution in [3.8, 4) is 0 Å². The zero-order valence-corrected chi connectivity index (χ0v) is 12.9. The van der Waals surface area contributed by atoms with E-state index in [0.717, 1.165) is 4.90 Å². The average Bonchev–Trinajstić information content (AvgIpc) is 2.73. The van der Waals surface area contributed by atoms with Crippen LogP contribution in [0.25, 0.3) is 0 Å². The minimum absolute atomic E-state index is 0.0114. The van der Waals surface area contributed by atoms with E-state index in [1.807, 2.05) is 0 Å². The molecular weight excluding hydrogens is 317 g/mol. The molecule has 0 saturated carbocycles. The summed E-state index contributed by atoms with van der Waals surface area (Å²) in [6.07, 6.45) is -0.424. The van der Waals surface area contributed by atoms with Crippen molar-refractivity contribution in [2.24, 2.45) is 0 Å². The van der Waals surface area contributed by atoms with Crippen molar-refractivity contribution in [1.82, 2.24) is 4.90 Å². The van der Waals surface area contributed by atoms with Crippen molar-refractivity contribution >= 4 is 19.4 Å². The number of hydrogen-bond donors (Lipinski definition) is 2. The fourth-order valence-electron chi connectivity index (χ4n) is 2.64. The van der Waals surface area contributed by atoms with E-state index in [0.29, 0.717) is 22.3 Å². The second-order valence-electron chi connectivity index (χ2n) is 5.33. The number of carbonyl (C=O) groups is 2. The monoisotopic (exact) mass is 331 g/mol. The number of carbonyl (C=O) groups excluding carboxylic acids is 2. The Morgan fingerprint density at radius 2 is 1.30 bits per heavy atom. The largest absolute Gasteiger partial charge is 0.329 e. The molecule has 7 heteroatoms. The van der Waals surface area contributed by atoms with Crippen molar-refractivity contribution in [2.45, 2.75) is 12.7 Å². The average molecular weight is 331 g/mol. The summed E-state index contributed by atoms with van der Waals surface area (Å²) in [5.41, 5.74) is 1.68. The van der Waals surface area contributed by atoms with Crippen LogP contribution in [-0.2, 0) is 17.3 Å². The van der Waals surface area contributed by atoms with E-state index in [4.69, 9.17) is 9.79 Å². The summed E-state index contributed by atoms with van der Waals surface area (Å²) in [5, 5.41) is 0. The van der Waals surface area contributed by atoms with Crippen molar-refractivity contribution in [3.63, 3.8) is 0 Å². The fourth-order valence-corrected chi connectivity index (χ4v) is 3.39. The van der Waals surface area contributed by atoms with Gasteiger partial charge in [-0.1, -0.05) is 36.4 Å².